The largest absolute Gasteiger partial charge is 0.497 e. The van der Waals surface area contributed by atoms with Gasteiger partial charge < -0.3 is 25.2 Å². The van der Waals surface area contributed by atoms with Gasteiger partial charge in [-0.15, -0.1) is 0 Å². The highest BCUT2D eigenvalue weighted by Crippen LogP contribution is 2.22. The second-order valence-electron chi connectivity index (χ2n) is 5.03. The number of rotatable bonds is 9. The van der Waals surface area contributed by atoms with Gasteiger partial charge in [-0.2, -0.15) is 0 Å². The summed E-state index contributed by atoms with van der Waals surface area (Å²) < 4.78 is 16.2. The third kappa shape index (κ3) is 6.35. The van der Waals surface area contributed by atoms with E-state index in [9.17, 15) is 0 Å². The molecule has 0 amide bonds. The van der Waals surface area contributed by atoms with Crippen molar-refractivity contribution in [2.75, 3.05) is 26.9 Å². The molecule has 1 aromatic rings. The maximum atomic E-state index is 8.72. The molecule has 0 aromatic heterocycles. The first-order valence-corrected chi connectivity index (χ1v) is 6.94. The van der Waals surface area contributed by atoms with E-state index in [0.717, 1.165) is 13.0 Å². The average Bonchev–Trinajstić information content (AvgIpc) is 2.49. The molecule has 0 aliphatic heterocycles. The molecule has 0 fully saturated rings. The van der Waals surface area contributed by atoms with Gasteiger partial charge in [-0.3, -0.25) is 0 Å². The fourth-order valence-corrected chi connectivity index (χ4v) is 1.62. The Morgan fingerprint density at radius 1 is 1.19 bits per heavy atom. The van der Waals surface area contributed by atoms with E-state index in [0.29, 0.717) is 36.2 Å². The van der Waals surface area contributed by atoms with Crippen LogP contribution in [0.3, 0.4) is 0 Å². The van der Waals surface area contributed by atoms with Crippen LogP contribution in [0.15, 0.2) is 23.4 Å². The van der Waals surface area contributed by atoms with Gasteiger partial charge in [0.1, 0.15) is 18.1 Å². The Bertz CT molecular complexity index is 461. The second-order valence-corrected chi connectivity index (χ2v) is 5.03. The Morgan fingerprint density at radius 2 is 1.90 bits per heavy atom. The number of nitrogens with two attached hydrogens (primary N) is 1. The Labute approximate surface area is 125 Å². The maximum absolute atomic E-state index is 8.72. The van der Waals surface area contributed by atoms with Crippen molar-refractivity contribution in [1.82, 2.24) is 0 Å². The molecule has 0 radical (unpaired) electrons. The molecule has 0 aliphatic rings. The Kier molecular flexibility index (Phi) is 7.39. The van der Waals surface area contributed by atoms with Gasteiger partial charge >= 0.3 is 0 Å². The molecule has 6 nitrogen and oxygen atoms in total. The summed E-state index contributed by atoms with van der Waals surface area (Å²) in [6.45, 7) is 5.99. The van der Waals surface area contributed by atoms with Crippen LogP contribution in [-0.2, 0) is 4.74 Å². The summed E-state index contributed by atoms with van der Waals surface area (Å²) in [6.07, 6.45) is 1.03. The minimum atomic E-state index is 0.00642. The van der Waals surface area contributed by atoms with Gasteiger partial charge in [0, 0.05) is 18.2 Å². The lowest BCUT2D eigenvalue weighted by Gasteiger charge is -2.11. The van der Waals surface area contributed by atoms with Gasteiger partial charge in [0.05, 0.1) is 13.7 Å². The van der Waals surface area contributed by atoms with Gasteiger partial charge in [0.15, 0.2) is 5.84 Å². The van der Waals surface area contributed by atoms with Crippen LogP contribution in [0.5, 0.6) is 11.5 Å². The van der Waals surface area contributed by atoms with Crippen molar-refractivity contribution in [2.24, 2.45) is 16.8 Å². The van der Waals surface area contributed by atoms with E-state index in [-0.39, 0.29) is 5.84 Å². The lowest BCUT2D eigenvalue weighted by atomic mass is 10.1. The van der Waals surface area contributed by atoms with Crippen LogP contribution >= 0.6 is 0 Å². The van der Waals surface area contributed by atoms with Crippen molar-refractivity contribution < 1.29 is 19.4 Å². The lowest BCUT2D eigenvalue weighted by Crippen LogP contribution is -2.14. The SMILES string of the molecule is COc1cc(OCCOCCC(C)C)cc(/C(N)=N/O)c1. The predicted octanol–water partition coefficient (Wildman–Crippen LogP) is 2.23. The minimum absolute atomic E-state index is 0.00642. The van der Waals surface area contributed by atoms with E-state index in [4.69, 9.17) is 25.2 Å². The fraction of sp³-hybridized carbons (Fsp3) is 0.533. The second kappa shape index (κ2) is 9.07. The van der Waals surface area contributed by atoms with E-state index in [2.05, 4.69) is 19.0 Å². The first-order chi connectivity index (χ1) is 10.1. The minimum Gasteiger partial charge on any atom is -0.497 e. The number of hydrogen-bond donors (Lipinski definition) is 2. The normalized spacial score (nSPS) is 11.7. The zero-order valence-corrected chi connectivity index (χ0v) is 12.8. The topological polar surface area (TPSA) is 86.3 Å². The van der Waals surface area contributed by atoms with E-state index in [1.54, 1.807) is 25.3 Å². The molecule has 0 spiro atoms. The number of methoxy groups -OCH3 is 1. The third-order valence-electron chi connectivity index (χ3n) is 2.86. The molecule has 0 unspecified atom stereocenters. The number of nitrogens with zero attached hydrogens (tertiary/aromatic N) is 1. The maximum Gasteiger partial charge on any atom is 0.170 e. The summed E-state index contributed by atoms with van der Waals surface area (Å²) in [5.74, 6) is 1.80. The smallest absolute Gasteiger partial charge is 0.170 e. The monoisotopic (exact) mass is 296 g/mol. The van der Waals surface area contributed by atoms with Gasteiger partial charge in [-0.1, -0.05) is 19.0 Å². The van der Waals surface area contributed by atoms with Crippen LogP contribution in [0.4, 0.5) is 0 Å². The molecule has 1 rings (SSSR count). The standard InChI is InChI=1S/C15H24N2O4/c1-11(2)4-5-20-6-7-21-14-9-12(15(16)17-18)8-13(10-14)19-3/h8-11,18H,4-7H2,1-3H3,(H2,16,17). The van der Waals surface area contributed by atoms with E-state index in [1.807, 2.05) is 0 Å². The molecule has 3 N–H and O–H groups in total. The van der Waals surface area contributed by atoms with Crippen molar-refractivity contribution in [3.8, 4) is 11.5 Å². The number of amidine groups is 1. The van der Waals surface area contributed by atoms with Crippen LogP contribution in [0.25, 0.3) is 0 Å². The highest BCUT2D eigenvalue weighted by Gasteiger charge is 2.06. The molecule has 6 heteroatoms. The molecule has 0 saturated carbocycles. The zero-order chi connectivity index (χ0) is 15.7. The highest BCUT2D eigenvalue weighted by atomic mass is 16.5. The molecule has 0 saturated heterocycles. The van der Waals surface area contributed by atoms with Crippen LogP contribution < -0.4 is 15.2 Å². The first-order valence-electron chi connectivity index (χ1n) is 6.94. The van der Waals surface area contributed by atoms with Crippen LogP contribution in [-0.4, -0.2) is 38.0 Å². The molecule has 0 heterocycles. The summed E-state index contributed by atoms with van der Waals surface area (Å²) in [7, 11) is 1.55. The van der Waals surface area contributed by atoms with Gasteiger partial charge in [0.25, 0.3) is 0 Å². The Hall–Kier alpha value is -1.95. The van der Waals surface area contributed by atoms with Crippen molar-refractivity contribution in [2.45, 2.75) is 20.3 Å². The summed E-state index contributed by atoms with van der Waals surface area (Å²) in [6, 6.07) is 5.09. The van der Waals surface area contributed by atoms with Crippen molar-refractivity contribution in [3.63, 3.8) is 0 Å². The van der Waals surface area contributed by atoms with Crippen LogP contribution in [0.1, 0.15) is 25.8 Å². The molecule has 0 aliphatic carbocycles. The van der Waals surface area contributed by atoms with Crippen LogP contribution in [0.2, 0.25) is 0 Å². The Balaban J connectivity index is 2.50. The van der Waals surface area contributed by atoms with E-state index >= 15 is 0 Å². The van der Waals surface area contributed by atoms with Crippen molar-refractivity contribution in [1.29, 1.82) is 0 Å². The quantitative estimate of drug-likeness (QED) is 0.240. The molecular formula is C15H24N2O4. The van der Waals surface area contributed by atoms with Gasteiger partial charge in [-0.25, -0.2) is 0 Å². The third-order valence-corrected chi connectivity index (χ3v) is 2.86. The fourth-order valence-electron chi connectivity index (χ4n) is 1.62. The number of hydrogen-bond acceptors (Lipinski definition) is 5. The van der Waals surface area contributed by atoms with E-state index < -0.39 is 0 Å². The molecule has 0 bridgehead atoms. The molecule has 21 heavy (non-hydrogen) atoms. The number of oxime groups is 1. The van der Waals surface area contributed by atoms with Crippen molar-refractivity contribution in [3.05, 3.63) is 23.8 Å². The van der Waals surface area contributed by atoms with Crippen LogP contribution in [0, 0.1) is 5.92 Å². The first kappa shape index (κ1) is 17.1. The molecule has 0 atom stereocenters. The van der Waals surface area contributed by atoms with Crippen molar-refractivity contribution >= 4 is 5.84 Å². The predicted molar refractivity (Wildman–Crippen MR) is 81.3 cm³/mol. The lowest BCUT2D eigenvalue weighted by molar-refractivity contribution is 0.0925. The Morgan fingerprint density at radius 3 is 2.52 bits per heavy atom. The summed E-state index contributed by atoms with van der Waals surface area (Å²) in [4.78, 5) is 0. The van der Waals surface area contributed by atoms with Gasteiger partial charge in [0.2, 0.25) is 0 Å². The molecular weight excluding hydrogens is 272 g/mol. The number of benzene rings is 1. The number of ether oxygens (including phenoxy) is 3. The summed E-state index contributed by atoms with van der Waals surface area (Å²) in [5, 5.41) is 11.7. The van der Waals surface area contributed by atoms with Gasteiger partial charge in [-0.05, 0) is 24.5 Å². The van der Waals surface area contributed by atoms with E-state index in [1.165, 1.54) is 0 Å². The molecule has 118 valence electrons. The zero-order valence-electron chi connectivity index (χ0n) is 12.8. The average molecular weight is 296 g/mol. The highest BCUT2D eigenvalue weighted by molar-refractivity contribution is 5.97. The summed E-state index contributed by atoms with van der Waals surface area (Å²) in [5.41, 5.74) is 6.11. The molecule has 1 aromatic carbocycles. The summed E-state index contributed by atoms with van der Waals surface area (Å²) >= 11 is 0.